The van der Waals surface area contributed by atoms with E-state index in [1.807, 2.05) is 13.8 Å². The molecular formula is C23H24N4O4. The van der Waals surface area contributed by atoms with Crippen molar-refractivity contribution in [2.75, 3.05) is 22.5 Å². The molecule has 0 aliphatic heterocycles. The molecule has 4 N–H and O–H groups in total. The minimum Gasteiger partial charge on any atom is -0.459 e. The molecule has 0 saturated heterocycles. The summed E-state index contributed by atoms with van der Waals surface area (Å²) in [5.74, 6) is -0.568. The summed E-state index contributed by atoms with van der Waals surface area (Å²) in [7, 11) is 0. The molecule has 0 aliphatic rings. The summed E-state index contributed by atoms with van der Waals surface area (Å²) in [5.41, 5.74) is 2.35. The minimum atomic E-state index is -0.374. The van der Waals surface area contributed by atoms with E-state index < -0.39 is 0 Å². The Hall–Kier alpha value is -4.07. The molecule has 3 aromatic rings. The summed E-state index contributed by atoms with van der Waals surface area (Å²) in [5, 5.41) is 11.3. The lowest BCUT2D eigenvalue weighted by Crippen LogP contribution is -2.30. The number of hydrogen-bond donors (Lipinski definition) is 4. The molecule has 0 atom stereocenters. The maximum absolute atomic E-state index is 12.3. The Morgan fingerprint density at radius 3 is 2.19 bits per heavy atom. The van der Waals surface area contributed by atoms with Crippen LogP contribution in [-0.4, -0.2) is 30.3 Å². The van der Waals surface area contributed by atoms with Gasteiger partial charge in [0.25, 0.3) is 11.8 Å². The zero-order valence-electron chi connectivity index (χ0n) is 17.3. The standard InChI is InChI=1S/C23H24N4O4/c1-15(2)25-22(29)16-8-10-17(11-9-16)24-14-21(28)26-18-5-3-6-19(13-18)27-23(30)20-7-4-12-31-20/h3-13,15,24H,14H2,1-2H3,(H,25,29)(H,26,28)(H,27,30). The van der Waals surface area contributed by atoms with E-state index in [1.165, 1.54) is 6.26 Å². The third-order valence-corrected chi connectivity index (χ3v) is 4.17. The van der Waals surface area contributed by atoms with Crippen molar-refractivity contribution in [3.63, 3.8) is 0 Å². The number of amides is 3. The first kappa shape index (κ1) is 21.6. The number of carbonyl (C=O) groups is 3. The summed E-state index contributed by atoms with van der Waals surface area (Å²) in [6, 6.07) is 17.0. The Morgan fingerprint density at radius 2 is 1.55 bits per heavy atom. The number of hydrogen-bond acceptors (Lipinski definition) is 5. The zero-order valence-corrected chi connectivity index (χ0v) is 17.3. The van der Waals surface area contributed by atoms with Crippen LogP contribution in [0.15, 0.2) is 71.3 Å². The fourth-order valence-corrected chi connectivity index (χ4v) is 2.75. The molecule has 31 heavy (non-hydrogen) atoms. The second kappa shape index (κ2) is 10.1. The van der Waals surface area contributed by atoms with E-state index in [9.17, 15) is 14.4 Å². The number of nitrogens with one attached hydrogen (secondary N) is 4. The van der Waals surface area contributed by atoms with E-state index >= 15 is 0 Å². The van der Waals surface area contributed by atoms with Crippen LogP contribution in [0, 0.1) is 0 Å². The first-order chi connectivity index (χ1) is 14.9. The molecule has 0 fully saturated rings. The van der Waals surface area contributed by atoms with Gasteiger partial charge in [0.15, 0.2) is 5.76 Å². The van der Waals surface area contributed by atoms with Crippen LogP contribution in [-0.2, 0) is 4.79 Å². The van der Waals surface area contributed by atoms with Crippen LogP contribution < -0.4 is 21.3 Å². The van der Waals surface area contributed by atoms with Crippen LogP contribution >= 0.6 is 0 Å². The molecule has 0 spiro atoms. The van der Waals surface area contributed by atoms with Gasteiger partial charge in [-0.2, -0.15) is 0 Å². The Balaban J connectivity index is 1.50. The fraction of sp³-hybridized carbons (Fsp3) is 0.174. The smallest absolute Gasteiger partial charge is 0.291 e. The molecule has 0 saturated carbocycles. The van der Waals surface area contributed by atoms with Gasteiger partial charge in [-0.1, -0.05) is 6.07 Å². The minimum absolute atomic E-state index is 0.0422. The Kier molecular flexibility index (Phi) is 7.05. The molecule has 2 aromatic carbocycles. The average Bonchev–Trinajstić information content (AvgIpc) is 3.27. The normalized spacial score (nSPS) is 10.4. The second-order valence-electron chi connectivity index (χ2n) is 7.12. The largest absolute Gasteiger partial charge is 0.459 e. The van der Waals surface area contributed by atoms with Crippen LogP contribution in [0.3, 0.4) is 0 Å². The van der Waals surface area contributed by atoms with Gasteiger partial charge in [-0.25, -0.2) is 0 Å². The molecule has 8 nitrogen and oxygen atoms in total. The SMILES string of the molecule is CC(C)NC(=O)c1ccc(NCC(=O)Nc2cccc(NC(=O)c3ccco3)c2)cc1. The van der Waals surface area contributed by atoms with Gasteiger partial charge < -0.3 is 25.7 Å². The van der Waals surface area contributed by atoms with Crippen LogP contribution in [0.25, 0.3) is 0 Å². The molecule has 0 radical (unpaired) electrons. The lowest BCUT2D eigenvalue weighted by Gasteiger charge is -2.11. The Labute approximate surface area is 180 Å². The van der Waals surface area contributed by atoms with Crippen molar-refractivity contribution in [1.82, 2.24) is 5.32 Å². The third-order valence-electron chi connectivity index (χ3n) is 4.17. The van der Waals surface area contributed by atoms with Crippen molar-refractivity contribution in [3.8, 4) is 0 Å². The lowest BCUT2D eigenvalue weighted by molar-refractivity contribution is -0.114. The van der Waals surface area contributed by atoms with Crippen LogP contribution in [0.1, 0.15) is 34.8 Å². The highest BCUT2D eigenvalue weighted by Gasteiger charge is 2.10. The van der Waals surface area contributed by atoms with Crippen LogP contribution in [0.5, 0.6) is 0 Å². The predicted octanol–water partition coefficient (Wildman–Crippen LogP) is 3.72. The highest BCUT2D eigenvalue weighted by Crippen LogP contribution is 2.16. The first-order valence-corrected chi connectivity index (χ1v) is 9.80. The topological polar surface area (TPSA) is 112 Å². The monoisotopic (exact) mass is 420 g/mol. The van der Waals surface area contributed by atoms with E-state index in [-0.39, 0.29) is 36.1 Å². The molecule has 1 heterocycles. The lowest BCUT2D eigenvalue weighted by atomic mass is 10.2. The highest BCUT2D eigenvalue weighted by molar-refractivity contribution is 6.03. The van der Waals surface area contributed by atoms with E-state index in [0.29, 0.717) is 16.9 Å². The predicted molar refractivity (Wildman–Crippen MR) is 119 cm³/mol. The van der Waals surface area contributed by atoms with Gasteiger partial charge in [-0.3, -0.25) is 14.4 Å². The number of rotatable bonds is 8. The van der Waals surface area contributed by atoms with Crippen molar-refractivity contribution in [3.05, 3.63) is 78.3 Å². The maximum Gasteiger partial charge on any atom is 0.291 e. The average molecular weight is 420 g/mol. The molecule has 0 unspecified atom stereocenters. The van der Waals surface area contributed by atoms with Crippen LogP contribution in [0.2, 0.25) is 0 Å². The van der Waals surface area contributed by atoms with E-state index in [4.69, 9.17) is 4.42 Å². The van der Waals surface area contributed by atoms with Gasteiger partial charge in [0.2, 0.25) is 5.91 Å². The quantitative estimate of drug-likeness (QED) is 0.444. The third kappa shape index (κ3) is 6.46. The van der Waals surface area contributed by atoms with Gasteiger partial charge in [0.1, 0.15) is 0 Å². The van der Waals surface area contributed by atoms with Crippen LogP contribution in [0.4, 0.5) is 17.1 Å². The number of furan rings is 1. The molecule has 0 bridgehead atoms. The molecular weight excluding hydrogens is 396 g/mol. The molecule has 160 valence electrons. The van der Waals surface area contributed by atoms with Crippen molar-refractivity contribution in [2.45, 2.75) is 19.9 Å². The van der Waals surface area contributed by atoms with Gasteiger partial charge in [0.05, 0.1) is 12.8 Å². The molecule has 8 heteroatoms. The second-order valence-corrected chi connectivity index (χ2v) is 7.12. The van der Waals surface area contributed by atoms with Crippen molar-refractivity contribution < 1.29 is 18.8 Å². The van der Waals surface area contributed by atoms with E-state index in [0.717, 1.165) is 5.69 Å². The summed E-state index contributed by atoms with van der Waals surface area (Å²) in [6.45, 7) is 3.84. The molecule has 1 aromatic heterocycles. The molecule has 3 amide bonds. The number of anilines is 3. The summed E-state index contributed by atoms with van der Waals surface area (Å²) < 4.78 is 5.06. The summed E-state index contributed by atoms with van der Waals surface area (Å²) in [6.07, 6.45) is 1.42. The van der Waals surface area contributed by atoms with Crippen molar-refractivity contribution >= 4 is 34.8 Å². The fourth-order valence-electron chi connectivity index (χ4n) is 2.75. The van der Waals surface area contributed by atoms with Gasteiger partial charge in [-0.05, 0) is 68.4 Å². The Morgan fingerprint density at radius 1 is 0.839 bits per heavy atom. The van der Waals surface area contributed by atoms with E-state index in [1.54, 1.807) is 60.7 Å². The molecule has 0 aliphatic carbocycles. The zero-order chi connectivity index (χ0) is 22.2. The van der Waals surface area contributed by atoms with Gasteiger partial charge in [-0.15, -0.1) is 0 Å². The molecule has 3 rings (SSSR count). The maximum atomic E-state index is 12.3. The summed E-state index contributed by atoms with van der Waals surface area (Å²) in [4.78, 5) is 36.3. The number of carbonyl (C=O) groups excluding carboxylic acids is 3. The summed E-state index contributed by atoms with van der Waals surface area (Å²) >= 11 is 0. The first-order valence-electron chi connectivity index (χ1n) is 9.80. The van der Waals surface area contributed by atoms with Crippen molar-refractivity contribution in [2.24, 2.45) is 0 Å². The van der Waals surface area contributed by atoms with Gasteiger partial charge in [0, 0.05) is 28.7 Å². The van der Waals surface area contributed by atoms with Gasteiger partial charge >= 0.3 is 0 Å². The highest BCUT2D eigenvalue weighted by atomic mass is 16.3. The Bertz CT molecular complexity index is 1040. The van der Waals surface area contributed by atoms with Crippen molar-refractivity contribution in [1.29, 1.82) is 0 Å². The van der Waals surface area contributed by atoms with E-state index in [2.05, 4.69) is 21.3 Å². The number of benzene rings is 2.